The number of carbonyl (C=O) groups excluding carboxylic acids is 2. The van der Waals surface area contributed by atoms with Crippen molar-refractivity contribution in [1.82, 2.24) is 10.2 Å². The lowest BCUT2D eigenvalue weighted by Gasteiger charge is -2.24. The highest BCUT2D eigenvalue weighted by Crippen LogP contribution is 2.26. The Hall–Kier alpha value is -2.04. The Morgan fingerprint density at radius 1 is 1.38 bits per heavy atom. The molecular formula is C16H22N2O3. The highest BCUT2D eigenvalue weighted by molar-refractivity contribution is 5.86. The summed E-state index contributed by atoms with van der Waals surface area (Å²) in [6.07, 6.45) is 3.00. The van der Waals surface area contributed by atoms with Crippen LogP contribution in [0.5, 0.6) is 5.75 Å². The van der Waals surface area contributed by atoms with E-state index in [4.69, 9.17) is 4.74 Å². The molecule has 2 rings (SSSR count). The van der Waals surface area contributed by atoms with Gasteiger partial charge in [-0.1, -0.05) is 18.6 Å². The largest absolute Gasteiger partial charge is 0.497 e. The Labute approximate surface area is 125 Å². The van der Waals surface area contributed by atoms with Crippen LogP contribution in [-0.4, -0.2) is 37.4 Å². The van der Waals surface area contributed by atoms with Crippen LogP contribution in [0.4, 0.5) is 0 Å². The molecule has 1 N–H and O–H groups in total. The Bertz CT molecular complexity index is 512. The normalized spacial score (nSPS) is 14.2. The van der Waals surface area contributed by atoms with Crippen molar-refractivity contribution in [2.75, 3.05) is 20.7 Å². The zero-order chi connectivity index (χ0) is 15.2. The monoisotopic (exact) mass is 290 g/mol. The minimum Gasteiger partial charge on any atom is -0.497 e. The summed E-state index contributed by atoms with van der Waals surface area (Å²) in [5.41, 5.74) is 0.996. The van der Waals surface area contributed by atoms with Crippen molar-refractivity contribution in [3.63, 3.8) is 0 Å². The molecule has 1 saturated carbocycles. The van der Waals surface area contributed by atoms with Crippen LogP contribution in [0.1, 0.15) is 24.8 Å². The zero-order valence-electron chi connectivity index (χ0n) is 12.6. The van der Waals surface area contributed by atoms with Gasteiger partial charge in [0.25, 0.3) is 0 Å². The van der Waals surface area contributed by atoms with Crippen molar-refractivity contribution in [3.8, 4) is 5.75 Å². The topological polar surface area (TPSA) is 58.6 Å². The van der Waals surface area contributed by atoms with Crippen molar-refractivity contribution in [2.45, 2.75) is 25.8 Å². The standard InChI is InChI=1S/C16H22N2O3/c1-18(11-12-5-3-8-14(9-12)21-2)15(19)10-17-16(20)13-6-4-7-13/h3,5,8-9,13H,4,6-7,10-11H2,1-2H3,(H,17,20). The van der Waals surface area contributed by atoms with Gasteiger partial charge >= 0.3 is 0 Å². The molecule has 0 radical (unpaired) electrons. The Morgan fingerprint density at radius 2 is 2.14 bits per heavy atom. The first-order valence-electron chi connectivity index (χ1n) is 7.24. The Morgan fingerprint density at radius 3 is 2.76 bits per heavy atom. The van der Waals surface area contributed by atoms with E-state index in [0.717, 1.165) is 30.6 Å². The fraction of sp³-hybridized carbons (Fsp3) is 0.500. The van der Waals surface area contributed by atoms with Crippen molar-refractivity contribution in [3.05, 3.63) is 29.8 Å². The van der Waals surface area contributed by atoms with Gasteiger partial charge in [0.2, 0.25) is 11.8 Å². The second-order valence-electron chi connectivity index (χ2n) is 5.45. The van der Waals surface area contributed by atoms with Crippen LogP contribution in [0.15, 0.2) is 24.3 Å². The number of methoxy groups -OCH3 is 1. The number of nitrogens with one attached hydrogen (secondary N) is 1. The minimum absolute atomic E-state index is 0.00406. The van der Waals surface area contributed by atoms with Gasteiger partial charge in [0.05, 0.1) is 13.7 Å². The maximum atomic E-state index is 12.0. The summed E-state index contributed by atoms with van der Waals surface area (Å²) in [6.45, 7) is 0.561. The van der Waals surface area contributed by atoms with Crippen molar-refractivity contribution in [1.29, 1.82) is 0 Å². The number of benzene rings is 1. The summed E-state index contributed by atoms with van der Waals surface area (Å²) in [5, 5.41) is 2.72. The predicted octanol–water partition coefficient (Wildman–Crippen LogP) is 1.57. The first kappa shape index (κ1) is 15.4. The van der Waals surface area contributed by atoms with E-state index in [1.807, 2.05) is 24.3 Å². The van der Waals surface area contributed by atoms with E-state index in [9.17, 15) is 9.59 Å². The lowest BCUT2D eigenvalue weighted by Crippen LogP contribution is -2.41. The number of likely N-dealkylation sites (N-methyl/N-ethyl adjacent to an activating group) is 1. The average molecular weight is 290 g/mol. The van der Waals surface area contributed by atoms with Gasteiger partial charge in [-0.05, 0) is 30.5 Å². The summed E-state index contributed by atoms with van der Waals surface area (Å²) in [7, 11) is 3.35. The number of nitrogens with zero attached hydrogens (tertiary/aromatic N) is 1. The summed E-state index contributed by atoms with van der Waals surface area (Å²) < 4.78 is 5.16. The highest BCUT2D eigenvalue weighted by atomic mass is 16.5. The van der Waals surface area contributed by atoms with Crippen LogP contribution in [-0.2, 0) is 16.1 Å². The van der Waals surface area contributed by atoms with Gasteiger partial charge in [0.1, 0.15) is 5.75 Å². The van der Waals surface area contributed by atoms with Gasteiger partial charge in [-0.25, -0.2) is 0 Å². The summed E-state index contributed by atoms with van der Waals surface area (Å²) in [4.78, 5) is 25.3. The Balaban J connectivity index is 1.79. The van der Waals surface area contributed by atoms with E-state index >= 15 is 0 Å². The van der Waals surface area contributed by atoms with E-state index in [-0.39, 0.29) is 24.3 Å². The highest BCUT2D eigenvalue weighted by Gasteiger charge is 2.25. The maximum absolute atomic E-state index is 12.0. The molecule has 21 heavy (non-hydrogen) atoms. The first-order valence-corrected chi connectivity index (χ1v) is 7.24. The van der Waals surface area contributed by atoms with Crippen molar-refractivity contribution in [2.24, 2.45) is 5.92 Å². The molecule has 0 atom stereocenters. The van der Waals surface area contributed by atoms with E-state index in [2.05, 4.69) is 5.32 Å². The molecule has 1 fully saturated rings. The van der Waals surface area contributed by atoms with Gasteiger partial charge in [-0.2, -0.15) is 0 Å². The van der Waals surface area contributed by atoms with Crippen LogP contribution in [0, 0.1) is 5.92 Å². The molecule has 2 amide bonds. The quantitative estimate of drug-likeness (QED) is 0.865. The third-order valence-corrected chi connectivity index (χ3v) is 3.87. The van der Waals surface area contributed by atoms with Crippen LogP contribution in [0.25, 0.3) is 0 Å². The smallest absolute Gasteiger partial charge is 0.242 e. The number of hydrogen-bond donors (Lipinski definition) is 1. The molecule has 5 nitrogen and oxygen atoms in total. The molecule has 0 saturated heterocycles. The van der Waals surface area contributed by atoms with E-state index in [1.54, 1.807) is 19.1 Å². The minimum atomic E-state index is -0.0921. The van der Waals surface area contributed by atoms with Crippen molar-refractivity contribution >= 4 is 11.8 Å². The van der Waals surface area contributed by atoms with Gasteiger partial charge in [0.15, 0.2) is 0 Å². The van der Waals surface area contributed by atoms with E-state index in [0.29, 0.717) is 6.54 Å². The van der Waals surface area contributed by atoms with Gasteiger partial charge in [0, 0.05) is 19.5 Å². The molecule has 0 bridgehead atoms. The van der Waals surface area contributed by atoms with Crippen LogP contribution in [0.2, 0.25) is 0 Å². The van der Waals surface area contributed by atoms with Crippen LogP contribution < -0.4 is 10.1 Å². The summed E-state index contributed by atoms with van der Waals surface area (Å²) >= 11 is 0. The SMILES string of the molecule is COc1cccc(CN(C)C(=O)CNC(=O)C2CCC2)c1. The lowest BCUT2D eigenvalue weighted by atomic mass is 9.85. The van der Waals surface area contributed by atoms with Gasteiger partial charge in [-0.3, -0.25) is 9.59 Å². The molecular weight excluding hydrogens is 268 g/mol. The summed E-state index contributed by atoms with van der Waals surface area (Å²) in [5.74, 6) is 0.794. The number of ether oxygens (including phenoxy) is 1. The second kappa shape index (κ2) is 7.11. The molecule has 1 aromatic carbocycles. The third kappa shape index (κ3) is 4.21. The van der Waals surface area contributed by atoms with Gasteiger partial charge in [-0.15, -0.1) is 0 Å². The summed E-state index contributed by atoms with van der Waals surface area (Å²) in [6, 6.07) is 7.60. The van der Waals surface area contributed by atoms with Crippen molar-refractivity contribution < 1.29 is 14.3 Å². The number of amides is 2. The lowest BCUT2D eigenvalue weighted by molar-refractivity contribution is -0.134. The molecule has 114 valence electrons. The molecule has 0 heterocycles. The van der Waals surface area contributed by atoms with E-state index in [1.165, 1.54) is 0 Å². The predicted molar refractivity (Wildman–Crippen MR) is 79.8 cm³/mol. The van der Waals surface area contributed by atoms with Crippen LogP contribution in [0.3, 0.4) is 0 Å². The van der Waals surface area contributed by atoms with E-state index < -0.39 is 0 Å². The zero-order valence-corrected chi connectivity index (χ0v) is 12.6. The molecule has 0 unspecified atom stereocenters. The third-order valence-electron chi connectivity index (χ3n) is 3.87. The molecule has 1 aliphatic carbocycles. The molecule has 5 heteroatoms. The van der Waals surface area contributed by atoms with Gasteiger partial charge < -0.3 is 15.0 Å². The fourth-order valence-corrected chi connectivity index (χ4v) is 2.25. The molecule has 0 aliphatic heterocycles. The molecule has 1 aromatic rings. The fourth-order valence-electron chi connectivity index (χ4n) is 2.25. The number of hydrogen-bond acceptors (Lipinski definition) is 3. The molecule has 0 spiro atoms. The average Bonchev–Trinajstić information content (AvgIpc) is 2.43. The Kier molecular flexibility index (Phi) is 5.20. The second-order valence-corrected chi connectivity index (χ2v) is 5.45. The maximum Gasteiger partial charge on any atom is 0.242 e. The molecule has 0 aromatic heterocycles. The first-order chi connectivity index (χ1) is 10.1. The number of carbonyl (C=O) groups is 2. The molecule has 1 aliphatic rings. The number of rotatable bonds is 6. The van der Waals surface area contributed by atoms with Crippen LogP contribution >= 0.6 is 0 Å².